The highest BCUT2D eigenvalue weighted by Crippen LogP contribution is 2.37. The van der Waals surface area contributed by atoms with E-state index in [0.29, 0.717) is 12.0 Å². The van der Waals surface area contributed by atoms with Gasteiger partial charge < -0.3 is 19.4 Å². The Hall–Kier alpha value is -1.02. The van der Waals surface area contributed by atoms with Crippen molar-refractivity contribution < 1.29 is 9.15 Å². The van der Waals surface area contributed by atoms with Crippen LogP contribution in [0.15, 0.2) is 40.0 Å². The number of guanidine groups is 1. The van der Waals surface area contributed by atoms with Crippen molar-refractivity contribution in [1.29, 1.82) is 0 Å². The molecule has 1 spiro atoms. The zero-order chi connectivity index (χ0) is 17.5. The molecule has 3 rings (SSSR count). The molecule has 0 saturated carbocycles. The van der Waals surface area contributed by atoms with Crippen molar-refractivity contribution in [2.75, 3.05) is 39.4 Å². The molecule has 3 heterocycles. The number of furan rings is 1. The lowest BCUT2D eigenvalue weighted by atomic mass is 9.76. The van der Waals surface area contributed by atoms with E-state index < -0.39 is 0 Å². The maximum atomic E-state index is 5.81. The molecule has 0 aromatic carbocycles. The standard InChI is InChI=1S/C20H31N3O2.HI/c1-17(2)14-22-19(21-10-7-18-6-3-13-25-18)23-11-4-8-20(15-23)9-5-12-24-16-20;/h3,6,13H,1,4-5,7-12,14-16H2,2H3,(H,21,22);1H. The predicted molar refractivity (Wildman–Crippen MR) is 116 cm³/mol. The Morgan fingerprint density at radius 1 is 1.38 bits per heavy atom. The van der Waals surface area contributed by atoms with Gasteiger partial charge in [0.2, 0.25) is 0 Å². The summed E-state index contributed by atoms with van der Waals surface area (Å²) in [4.78, 5) is 7.22. The van der Waals surface area contributed by atoms with Gasteiger partial charge in [0.25, 0.3) is 0 Å². The molecule has 5 nitrogen and oxygen atoms in total. The van der Waals surface area contributed by atoms with Crippen LogP contribution >= 0.6 is 24.0 Å². The van der Waals surface area contributed by atoms with Crippen LogP contribution in [0.1, 0.15) is 38.4 Å². The van der Waals surface area contributed by atoms with Gasteiger partial charge in [0, 0.05) is 38.1 Å². The molecule has 0 bridgehead atoms. The molecule has 1 unspecified atom stereocenters. The Morgan fingerprint density at radius 2 is 2.23 bits per heavy atom. The summed E-state index contributed by atoms with van der Waals surface area (Å²) in [6, 6.07) is 3.95. The number of nitrogens with zero attached hydrogens (tertiary/aromatic N) is 2. The van der Waals surface area contributed by atoms with Gasteiger partial charge in [-0.15, -0.1) is 24.0 Å². The fraction of sp³-hybridized carbons (Fsp3) is 0.650. The molecule has 1 aromatic rings. The number of hydrogen-bond acceptors (Lipinski definition) is 3. The summed E-state index contributed by atoms with van der Waals surface area (Å²) in [5.41, 5.74) is 1.39. The van der Waals surface area contributed by atoms with Gasteiger partial charge in [-0.2, -0.15) is 0 Å². The van der Waals surface area contributed by atoms with E-state index in [1.54, 1.807) is 6.26 Å². The fourth-order valence-corrected chi connectivity index (χ4v) is 3.85. The molecule has 6 heteroatoms. The van der Waals surface area contributed by atoms with Gasteiger partial charge in [0.05, 0.1) is 19.4 Å². The van der Waals surface area contributed by atoms with Gasteiger partial charge in [-0.3, -0.25) is 0 Å². The molecule has 26 heavy (non-hydrogen) atoms. The molecule has 1 aromatic heterocycles. The van der Waals surface area contributed by atoms with Gasteiger partial charge in [-0.25, -0.2) is 4.99 Å². The molecule has 0 aliphatic carbocycles. The molecule has 2 aliphatic rings. The van der Waals surface area contributed by atoms with Crippen LogP contribution in [0, 0.1) is 5.41 Å². The first-order valence-electron chi connectivity index (χ1n) is 9.45. The second-order valence-electron chi connectivity index (χ2n) is 7.53. The zero-order valence-electron chi connectivity index (χ0n) is 15.8. The van der Waals surface area contributed by atoms with Crippen LogP contribution in [0.4, 0.5) is 0 Å². The maximum Gasteiger partial charge on any atom is 0.194 e. The number of nitrogens with one attached hydrogen (secondary N) is 1. The number of ether oxygens (including phenoxy) is 1. The van der Waals surface area contributed by atoms with Crippen LogP contribution in [-0.2, 0) is 11.2 Å². The second kappa shape index (κ2) is 10.3. The van der Waals surface area contributed by atoms with Gasteiger partial charge in [-0.1, -0.05) is 12.2 Å². The molecular weight excluding hydrogens is 441 g/mol. The molecule has 0 amide bonds. The number of piperidine rings is 1. The quantitative estimate of drug-likeness (QED) is 0.306. The summed E-state index contributed by atoms with van der Waals surface area (Å²) in [5.74, 6) is 2.00. The summed E-state index contributed by atoms with van der Waals surface area (Å²) in [7, 11) is 0. The Bertz CT molecular complexity index is 574. The number of hydrogen-bond donors (Lipinski definition) is 1. The smallest absolute Gasteiger partial charge is 0.194 e. The van der Waals surface area contributed by atoms with Crippen LogP contribution < -0.4 is 5.32 Å². The first-order valence-corrected chi connectivity index (χ1v) is 9.45. The average Bonchev–Trinajstić information content (AvgIpc) is 3.12. The lowest BCUT2D eigenvalue weighted by molar-refractivity contribution is -0.0370. The van der Waals surface area contributed by atoms with E-state index in [1.807, 2.05) is 19.1 Å². The van der Waals surface area contributed by atoms with E-state index in [1.165, 1.54) is 25.7 Å². The third-order valence-corrected chi connectivity index (χ3v) is 5.10. The molecule has 1 atom stereocenters. The largest absolute Gasteiger partial charge is 0.469 e. The Kier molecular flexibility index (Phi) is 8.47. The molecule has 2 aliphatic heterocycles. The third-order valence-electron chi connectivity index (χ3n) is 5.10. The molecular formula is C20H32IN3O2. The van der Waals surface area contributed by atoms with Gasteiger partial charge in [-0.05, 0) is 44.7 Å². The minimum atomic E-state index is 0. The third kappa shape index (κ3) is 6.01. The maximum absolute atomic E-state index is 5.81. The van der Waals surface area contributed by atoms with Crippen molar-refractivity contribution in [2.24, 2.45) is 10.4 Å². The summed E-state index contributed by atoms with van der Waals surface area (Å²) in [5, 5.41) is 3.54. The molecule has 1 N–H and O–H groups in total. The van der Waals surface area contributed by atoms with E-state index in [0.717, 1.165) is 56.6 Å². The number of aliphatic imine (C=N–C) groups is 1. The molecule has 2 fully saturated rings. The van der Waals surface area contributed by atoms with Gasteiger partial charge >= 0.3 is 0 Å². The lowest BCUT2D eigenvalue weighted by Crippen LogP contribution is -2.53. The number of rotatable bonds is 5. The Balaban J connectivity index is 0.00000243. The predicted octanol–water partition coefficient (Wildman–Crippen LogP) is 3.85. The lowest BCUT2D eigenvalue weighted by Gasteiger charge is -2.45. The SMILES string of the molecule is C=C(C)CN=C(NCCc1ccco1)N1CCCC2(CCCOC2)C1.I. The van der Waals surface area contributed by atoms with Crippen molar-refractivity contribution in [3.05, 3.63) is 36.3 Å². The van der Waals surface area contributed by atoms with E-state index in [-0.39, 0.29) is 24.0 Å². The highest BCUT2D eigenvalue weighted by atomic mass is 127. The van der Waals surface area contributed by atoms with Crippen molar-refractivity contribution >= 4 is 29.9 Å². The van der Waals surface area contributed by atoms with E-state index >= 15 is 0 Å². The number of likely N-dealkylation sites (tertiary alicyclic amines) is 1. The molecule has 0 radical (unpaired) electrons. The monoisotopic (exact) mass is 473 g/mol. The minimum Gasteiger partial charge on any atom is -0.469 e. The summed E-state index contributed by atoms with van der Waals surface area (Å²) in [6.07, 6.45) is 7.50. The van der Waals surface area contributed by atoms with E-state index in [9.17, 15) is 0 Å². The van der Waals surface area contributed by atoms with Crippen molar-refractivity contribution in [1.82, 2.24) is 10.2 Å². The van der Waals surface area contributed by atoms with E-state index in [4.69, 9.17) is 14.1 Å². The fourth-order valence-electron chi connectivity index (χ4n) is 3.85. The van der Waals surface area contributed by atoms with Crippen LogP contribution in [0.25, 0.3) is 0 Å². The Labute approximate surface area is 174 Å². The topological polar surface area (TPSA) is 50.0 Å². The molecule has 146 valence electrons. The Morgan fingerprint density at radius 3 is 2.92 bits per heavy atom. The normalized spacial score (nSPS) is 23.6. The second-order valence-corrected chi connectivity index (χ2v) is 7.53. The van der Waals surface area contributed by atoms with Gasteiger partial charge in [0.1, 0.15) is 5.76 Å². The highest BCUT2D eigenvalue weighted by Gasteiger charge is 2.38. The van der Waals surface area contributed by atoms with Crippen LogP contribution in [-0.4, -0.2) is 50.3 Å². The first kappa shape index (κ1) is 21.3. The first-order chi connectivity index (χ1) is 12.2. The van der Waals surface area contributed by atoms with Crippen molar-refractivity contribution in [3.63, 3.8) is 0 Å². The average molecular weight is 473 g/mol. The van der Waals surface area contributed by atoms with Crippen LogP contribution in [0.5, 0.6) is 0 Å². The number of halogens is 1. The summed E-state index contributed by atoms with van der Waals surface area (Å²) in [6.45, 7) is 11.4. The summed E-state index contributed by atoms with van der Waals surface area (Å²) < 4.78 is 11.2. The van der Waals surface area contributed by atoms with Crippen LogP contribution in [0.2, 0.25) is 0 Å². The van der Waals surface area contributed by atoms with Crippen molar-refractivity contribution in [2.45, 2.75) is 39.0 Å². The summed E-state index contributed by atoms with van der Waals surface area (Å²) >= 11 is 0. The molecule has 2 saturated heterocycles. The van der Waals surface area contributed by atoms with Crippen LogP contribution in [0.3, 0.4) is 0 Å². The van der Waals surface area contributed by atoms with Crippen molar-refractivity contribution in [3.8, 4) is 0 Å². The van der Waals surface area contributed by atoms with Gasteiger partial charge in [0.15, 0.2) is 5.96 Å². The zero-order valence-corrected chi connectivity index (χ0v) is 18.2. The minimum absolute atomic E-state index is 0. The van der Waals surface area contributed by atoms with E-state index in [2.05, 4.69) is 16.8 Å². The highest BCUT2D eigenvalue weighted by molar-refractivity contribution is 14.0.